The number of nitro groups is 1. The number of benzene rings is 1. The fourth-order valence-corrected chi connectivity index (χ4v) is 2.71. The molecule has 8 heteroatoms. The van der Waals surface area contributed by atoms with E-state index in [9.17, 15) is 10.1 Å². The lowest BCUT2D eigenvalue weighted by molar-refractivity contribution is -0.385. The zero-order valence-electron chi connectivity index (χ0n) is 9.14. The van der Waals surface area contributed by atoms with Gasteiger partial charge in [0.05, 0.1) is 18.9 Å². The van der Waals surface area contributed by atoms with Gasteiger partial charge in [-0.2, -0.15) is 0 Å². The lowest BCUT2D eigenvalue weighted by atomic mass is 10.3. The molecule has 5 nitrogen and oxygen atoms in total. The molecule has 0 bridgehead atoms. The Bertz CT molecular complexity index is 611. The molecule has 0 saturated heterocycles. The predicted molar refractivity (Wildman–Crippen MR) is 77.8 cm³/mol. The van der Waals surface area contributed by atoms with Crippen molar-refractivity contribution in [3.05, 3.63) is 54.5 Å². The van der Waals surface area contributed by atoms with Gasteiger partial charge in [-0.05, 0) is 37.9 Å². The first-order valence-electron chi connectivity index (χ1n) is 4.90. The number of nitro benzene ring substituents is 1. The van der Waals surface area contributed by atoms with E-state index in [2.05, 4.69) is 36.8 Å². The molecule has 0 amide bonds. The quantitative estimate of drug-likeness (QED) is 0.532. The average Bonchev–Trinajstić information content (AvgIpc) is 2.35. The van der Waals surface area contributed by atoms with Crippen molar-refractivity contribution in [2.75, 3.05) is 0 Å². The van der Waals surface area contributed by atoms with Crippen LogP contribution in [-0.4, -0.2) is 9.91 Å². The van der Waals surface area contributed by atoms with Gasteiger partial charge in [-0.25, -0.2) is 4.98 Å². The lowest BCUT2D eigenvalue weighted by Gasteiger charge is -2.08. The molecule has 0 aliphatic rings. The van der Waals surface area contributed by atoms with E-state index in [1.807, 2.05) is 0 Å². The Labute approximate surface area is 130 Å². The van der Waals surface area contributed by atoms with E-state index in [-0.39, 0.29) is 5.69 Å². The Hall–Kier alpha value is -1.18. The van der Waals surface area contributed by atoms with Crippen LogP contribution in [0.3, 0.4) is 0 Å². The highest BCUT2D eigenvalue weighted by molar-refractivity contribution is 9.11. The minimum Gasteiger partial charge on any atom is -0.437 e. The molecule has 98 valence electrons. The van der Waals surface area contributed by atoms with Gasteiger partial charge in [-0.15, -0.1) is 0 Å². The van der Waals surface area contributed by atoms with Gasteiger partial charge in [0.1, 0.15) is 0 Å². The fourth-order valence-electron chi connectivity index (χ4n) is 1.28. The second kappa shape index (κ2) is 5.85. The topological polar surface area (TPSA) is 65.3 Å². The molecule has 2 rings (SSSR count). The van der Waals surface area contributed by atoms with Crippen molar-refractivity contribution in [1.82, 2.24) is 4.98 Å². The zero-order chi connectivity index (χ0) is 14.0. The molecule has 1 aromatic heterocycles. The van der Waals surface area contributed by atoms with Crippen molar-refractivity contribution >= 4 is 49.1 Å². The van der Waals surface area contributed by atoms with E-state index in [1.54, 1.807) is 12.1 Å². The minimum absolute atomic E-state index is 0.0461. The molecular weight excluding hydrogens is 403 g/mol. The van der Waals surface area contributed by atoms with E-state index in [0.29, 0.717) is 25.6 Å². The number of ether oxygens (including phenoxy) is 1. The maximum atomic E-state index is 10.7. The van der Waals surface area contributed by atoms with Crippen molar-refractivity contribution in [2.45, 2.75) is 0 Å². The number of aromatic nitrogens is 1. The Balaban J connectivity index is 2.35. The Morgan fingerprint density at radius 1 is 1.26 bits per heavy atom. The third-order valence-electron chi connectivity index (χ3n) is 2.10. The molecule has 0 N–H and O–H groups in total. The second-order valence-electron chi connectivity index (χ2n) is 3.41. The summed E-state index contributed by atoms with van der Waals surface area (Å²) in [5.41, 5.74) is -0.0461. The van der Waals surface area contributed by atoms with Crippen LogP contribution in [0.15, 0.2) is 39.4 Å². The van der Waals surface area contributed by atoms with Crippen LogP contribution >= 0.6 is 43.5 Å². The first kappa shape index (κ1) is 14.2. The number of hydrogen-bond acceptors (Lipinski definition) is 4. The van der Waals surface area contributed by atoms with E-state index in [1.165, 1.54) is 18.3 Å². The molecule has 0 atom stereocenters. The molecule has 0 saturated carbocycles. The summed E-state index contributed by atoms with van der Waals surface area (Å²) in [6.45, 7) is 0. The average molecular weight is 408 g/mol. The zero-order valence-corrected chi connectivity index (χ0v) is 13.1. The van der Waals surface area contributed by atoms with Crippen LogP contribution in [0.1, 0.15) is 0 Å². The summed E-state index contributed by atoms with van der Waals surface area (Å²) in [5.74, 6) is 0.736. The highest BCUT2D eigenvalue weighted by Crippen LogP contribution is 2.39. The van der Waals surface area contributed by atoms with Crippen LogP contribution in [0.5, 0.6) is 11.6 Å². The maximum absolute atomic E-state index is 10.7. The van der Waals surface area contributed by atoms with E-state index < -0.39 is 4.92 Å². The van der Waals surface area contributed by atoms with Gasteiger partial charge in [-0.1, -0.05) is 11.6 Å². The minimum atomic E-state index is -0.486. The molecule has 0 spiro atoms. The first-order chi connectivity index (χ1) is 8.97. The number of non-ortho nitro benzene ring substituents is 1. The Morgan fingerprint density at radius 3 is 2.37 bits per heavy atom. The van der Waals surface area contributed by atoms with Crippen molar-refractivity contribution in [3.8, 4) is 11.6 Å². The van der Waals surface area contributed by atoms with Gasteiger partial charge in [0.2, 0.25) is 5.88 Å². The van der Waals surface area contributed by atoms with Crippen molar-refractivity contribution in [2.24, 2.45) is 0 Å². The molecule has 1 aromatic carbocycles. The van der Waals surface area contributed by atoms with Gasteiger partial charge >= 0.3 is 0 Å². The number of nitrogens with zero attached hydrogens (tertiary/aromatic N) is 2. The van der Waals surface area contributed by atoms with Gasteiger partial charge in [0.15, 0.2) is 5.75 Å². The summed E-state index contributed by atoms with van der Waals surface area (Å²) in [6, 6.07) is 5.95. The lowest BCUT2D eigenvalue weighted by Crippen LogP contribution is -1.93. The maximum Gasteiger partial charge on any atom is 0.271 e. The summed E-state index contributed by atoms with van der Waals surface area (Å²) in [7, 11) is 0. The predicted octanol–water partition coefficient (Wildman–Crippen LogP) is 4.96. The summed E-state index contributed by atoms with van der Waals surface area (Å²) in [4.78, 5) is 14.2. The monoisotopic (exact) mass is 406 g/mol. The van der Waals surface area contributed by atoms with Crippen LogP contribution in [0, 0.1) is 10.1 Å². The van der Waals surface area contributed by atoms with Crippen LogP contribution in [0.4, 0.5) is 5.69 Å². The van der Waals surface area contributed by atoms with Crippen molar-refractivity contribution in [3.63, 3.8) is 0 Å². The Morgan fingerprint density at radius 2 is 1.89 bits per heavy atom. The first-order valence-corrected chi connectivity index (χ1v) is 6.86. The Kier molecular flexibility index (Phi) is 4.38. The van der Waals surface area contributed by atoms with Crippen molar-refractivity contribution in [1.29, 1.82) is 0 Å². The molecule has 1 heterocycles. The SMILES string of the molecule is O=[N+]([O-])c1cc(Br)c(Oc2ccc(Cl)cn2)c(Br)c1. The van der Waals surface area contributed by atoms with Crippen molar-refractivity contribution < 1.29 is 9.66 Å². The van der Waals surface area contributed by atoms with Crippen LogP contribution in [0.25, 0.3) is 0 Å². The van der Waals surface area contributed by atoms with E-state index >= 15 is 0 Å². The number of hydrogen-bond donors (Lipinski definition) is 0. The molecule has 0 aliphatic carbocycles. The largest absolute Gasteiger partial charge is 0.437 e. The second-order valence-corrected chi connectivity index (χ2v) is 5.56. The molecular formula is C11H5Br2ClN2O3. The van der Waals surface area contributed by atoms with E-state index in [4.69, 9.17) is 16.3 Å². The molecule has 19 heavy (non-hydrogen) atoms. The third-order valence-corrected chi connectivity index (χ3v) is 3.50. The van der Waals surface area contributed by atoms with Gasteiger partial charge in [0.25, 0.3) is 5.69 Å². The molecule has 0 aliphatic heterocycles. The summed E-state index contributed by atoms with van der Waals surface area (Å²) in [5, 5.41) is 11.2. The number of halogens is 3. The van der Waals surface area contributed by atoms with E-state index in [0.717, 1.165) is 0 Å². The standard InChI is InChI=1S/C11H5Br2ClN2O3/c12-8-3-7(16(17)18)4-9(13)11(8)19-10-2-1-6(14)5-15-10/h1-5H. The summed E-state index contributed by atoms with van der Waals surface area (Å²) in [6.07, 6.45) is 1.45. The van der Waals surface area contributed by atoms with Gasteiger partial charge in [0, 0.05) is 24.4 Å². The number of rotatable bonds is 3. The third kappa shape index (κ3) is 3.43. The summed E-state index contributed by atoms with van der Waals surface area (Å²) >= 11 is 12.2. The van der Waals surface area contributed by atoms with Gasteiger partial charge in [-0.3, -0.25) is 10.1 Å². The van der Waals surface area contributed by atoms with Crippen LogP contribution in [-0.2, 0) is 0 Å². The smallest absolute Gasteiger partial charge is 0.271 e. The highest BCUT2D eigenvalue weighted by Gasteiger charge is 2.16. The fraction of sp³-hybridized carbons (Fsp3) is 0. The summed E-state index contributed by atoms with van der Waals surface area (Å²) < 4.78 is 6.44. The van der Waals surface area contributed by atoms with Crippen LogP contribution in [0.2, 0.25) is 5.02 Å². The normalized spacial score (nSPS) is 10.3. The molecule has 0 radical (unpaired) electrons. The number of pyridine rings is 1. The molecule has 0 unspecified atom stereocenters. The molecule has 2 aromatic rings. The van der Waals surface area contributed by atoms with Crippen LogP contribution < -0.4 is 4.74 Å². The highest BCUT2D eigenvalue weighted by atomic mass is 79.9. The molecule has 0 fully saturated rings. The van der Waals surface area contributed by atoms with Gasteiger partial charge < -0.3 is 4.74 Å².